The maximum absolute atomic E-state index is 11.3. The summed E-state index contributed by atoms with van der Waals surface area (Å²) in [6.45, 7) is 3.07. The second-order valence-corrected chi connectivity index (χ2v) is 3.46. The molecule has 1 aliphatic heterocycles. The van der Waals surface area contributed by atoms with Gasteiger partial charge in [0.1, 0.15) is 0 Å². The van der Waals surface area contributed by atoms with E-state index in [4.69, 9.17) is 9.47 Å². The summed E-state index contributed by atoms with van der Waals surface area (Å²) in [6, 6.07) is 0.0940. The van der Waals surface area contributed by atoms with Crippen molar-refractivity contribution in [3.05, 3.63) is 0 Å². The third-order valence-electron chi connectivity index (χ3n) is 2.48. The molecule has 0 aromatic heterocycles. The highest BCUT2D eigenvalue weighted by Crippen LogP contribution is 2.17. The number of carbonyl (C=O) groups is 1. The van der Waals surface area contributed by atoms with Crippen LogP contribution in [0.5, 0.6) is 0 Å². The first-order valence-electron chi connectivity index (χ1n) is 5.22. The molecular formula is C10H19NO3. The van der Waals surface area contributed by atoms with Crippen molar-refractivity contribution in [1.29, 1.82) is 0 Å². The van der Waals surface area contributed by atoms with Crippen molar-refractivity contribution in [3.8, 4) is 0 Å². The van der Waals surface area contributed by atoms with Gasteiger partial charge in [-0.3, -0.25) is 4.79 Å². The van der Waals surface area contributed by atoms with Gasteiger partial charge in [-0.05, 0) is 26.8 Å². The van der Waals surface area contributed by atoms with Gasteiger partial charge in [-0.1, -0.05) is 0 Å². The summed E-state index contributed by atoms with van der Waals surface area (Å²) in [7, 11) is 1.85. The molecule has 0 saturated carbocycles. The molecule has 0 aliphatic carbocycles. The van der Waals surface area contributed by atoms with E-state index in [1.165, 1.54) is 0 Å². The minimum Gasteiger partial charge on any atom is -0.466 e. The molecule has 1 N–H and O–H groups in total. The summed E-state index contributed by atoms with van der Waals surface area (Å²) < 4.78 is 10.4. The van der Waals surface area contributed by atoms with Gasteiger partial charge in [0.2, 0.25) is 0 Å². The van der Waals surface area contributed by atoms with E-state index < -0.39 is 0 Å². The SMILES string of the molecule is CCOC(=O)CC(NC)C1CCCO1. The molecule has 0 spiro atoms. The Balaban J connectivity index is 2.33. The maximum Gasteiger partial charge on any atom is 0.307 e. The first-order valence-corrected chi connectivity index (χ1v) is 5.22. The fourth-order valence-electron chi connectivity index (χ4n) is 1.74. The minimum absolute atomic E-state index is 0.0940. The van der Waals surface area contributed by atoms with Crippen LogP contribution >= 0.6 is 0 Å². The summed E-state index contributed by atoms with van der Waals surface area (Å²) in [6.07, 6.45) is 2.69. The Morgan fingerprint density at radius 1 is 1.71 bits per heavy atom. The van der Waals surface area contributed by atoms with Crippen LogP contribution in [0.3, 0.4) is 0 Å². The first-order chi connectivity index (χ1) is 6.77. The predicted molar refractivity (Wildman–Crippen MR) is 53.1 cm³/mol. The molecule has 4 heteroatoms. The van der Waals surface area contributed by atoms with Gasteiger partial charge >= 0.3 is 5.97 Å². The Kier molecular flexibility index (Phi) is 4.90. The number of esters is 1. The van der Waals surface area contributed by atoms with Crippen LogP contribution in [0.4, 0.5) is 0 Å². The number of rotatable bonds is 5. The lowest BCUT2D eigenvalue weighted by Gasteiger charge is -2.21. The van der Waals surface area contributed by atoms with Gasteiger partial charge in [0.25, 0.3) is 0 Å². The molecule has 0 bridgehead atoms. The highest BCUT2D eigenvalue weighted by molar-refractivity contribution is 5.70. The van der Waals surface area contributed by atoms with E-state index in [0.717, 1.165) is 19.4 Å². The van der Waals surface area contributed by atoms with Crippen LogP contribution in [-0.4, -0.2) is 38.4 Å². The van der Waals surface area contributed by atoms with Gasteiger partial charge in [0.15, 0.2) is 0 Å². The Labute approximate surface area is 85.0 Å². The highest BCUT2D eigenvalue weighted by Gasteiger charge is 2.26. The average molecular weight is 201 g/mol. The Morgan fingerprint density at radius 3 is 3.00 bits per heavy atom. The van der Waals surface area contributed by atoms with Crippen LogP contribution in [0.2, 0.25) is 0 Å². The van der Waals surface area contributed by atoms with Crippen molar-refractivity contribution in [2.24, 2.45) is 0 Å². The number of likely N-dealkylation sites (N-methyl/N-ethyl adjacent to an activating group) is 1. The summed E-state index contributed by atoms with van der Waals surface area (Å²) >= 11 is 0. The largest absolute Gasteiger partial charge is 0.466 e. The fourth-order valence-corrected chi connectivity index (χ4v) is 1.74. The van der Waals surface area contributed by atoms with E-state index in [1.807, 2.05) is 14.0 Å². The lowest BCUT2D eigenvalue weighted by Crippen LogP contribution is -2.39. The van der Waals surface area contributed by atoms with Crippen LogP contribution in [0.1, 0.15) is 26.2 Å². The molecular weight excluding hydrogens is 182 g/mol. The molecule has 82 valence electrons. The third-order valence-corrected chi connectivity index (χ3v) is 2.48. The molecule has 2 atom stereocenters. The predicted octanol–water partition coefficient (Wildman–Crippen LogP) is 0.707. The number of ether oxygens (including phenoxy) is 2. The Morgan fingerprint density at radius 2 is 2.50 bits per heavy atom. The van der Waals surface area contributed by atoms with Gasteiger partial charge in [0.05, 0.1) is 19.1 Å². The zero-order valence-electron chi connectivity index (χ0n) is 8.91. The first kappa shape index (κ1) is 11.5. The van der Waals surface area contributed by atoms with E-state index in [-0.39, 0.29) is 18.1 Å². The van der Waals surface area contributed by atoms with Gasteiger partial charge in [-0.25, -0.2) is 0 Å². The van der Waals surface area contributed by atoms with Gasteiger partial charge in [-0.15, -0.1) is 0 Å². The molecule has 1 heterocycles. The van der Waals surface area contributed by atoms with Gasteiger partial charge < -0.3 is 14.8 Å². The molecule has 1 saturated heterocycles. The van der Waals surface area contributed by atoms with Crippen molar-refractivity contribution in [2.75, 3.05) is 20.3 Å². The number of hydrogen-bond acceptors (Lipinski definition) is 4. The second kappa shape index (κ2) is 5.98. The molecule has 14 heavy (non-hydrogen) atoms. The van der Waals surface area contributed by atoms with Crippen molar-refractivity contribution < 1.29 is 14.3 Å². The number of nitrogens with one attached hydrogen (secondary N) is 1. The van der Waals surface area contributed by atoms with E-state index in [2.05, 4.69) is 5.32 Å². The summed E-state index contributed by atoms with van der Waals surface area (Å²) in [4.78, 5) is 11.3. The molecule has 0 amide bonds. The molecule has 1 aliphatic rings. The van der Waals surface area contributed by atoms with Crippen molar-refractivity contribution in [3.63, 3.8) is 0 Å². The Bertz CT molecular complexity index is 178. The lowest BCUT2D eigenvalue weighted by molar-refractivity contribution is -0.144. The standard InChI is InChI=1S/C10H19NO3/c1-3-13-10(12)7-8(11-2)9-5-4-6-14-9/h8-9,11H,3-7H2,1-2H3. The quantitative estimate of drug-likeness (QED) is 0.665. The molecule has 0 aromatic rings. The van der Waals surface area contributed by atoms with Crippen LogP contribution in [0.25, 0.3) is 0 Å². The van der Waals surface area contributed by atoms with E-state index in [9.17, 15) is 4.79 Å². The average Bonchev–Trinajstić information content (AvgIpc) is 2.67. The van der Waals surface area contributed by atoms with Gasteiger partial charge in [0, 0.05) is 12.6 Å². The van der Waals surface area contributed by atoms with Crippen LogP contribution in [-0.2, 0) is 14.3 Å². The van der Waals surface area contributed by atoms with E-state index >= 15 is 0 Å². The fraction of sp³-hybridized carbons (Fsp3) is 0.900. The topological polar surface area (TPSA) is 47.6 Å². The number of carbonyl (C=O) groups excluding carboxylic acids is 1. The van der Waals surface area contributed by atoms with E-state index in [1.54, 1.807) is 0 Å². The summed E-state index contributed by atoms with van der Waals surface area (Å²) in [5, 5.41) is 3.11. The number of hydrogen-bond donors (Lipinski definition) is 1. The molecule has 0 radical (unpaired) electrons. The molecule has 2 unspecified atom stereocenters. The lowest BCUT2D eigenvalue weighted by atomic mass is 10.1. The van der Waals surface area contributed by atoms with Crippen molar-refractivity contribution in [2.45, 2.75) is 38.3 Å². The molecule has 0 aromatic carbocycles. The summed E-state index contributed by atoms with van der Waals surface area (Å²) in [5.74, 6) is -0.151. The smallest absolute Gasteiger partial charge is 0.307 e. The molecule has 1 rings (SSSR count). The second-order valence-electron chi connectivity index (χ2n) is 3.46. The highest BCUT2D eigenvalue weighted by atomic mass is 16.5. The van der Waals surface area contributed by atoms with Gasteiger partial charge in [-0.2, -0.15) is 0 Å². The third kappa shape index (κ3) is 3.27. The minimum atomic E-state index is -0.151. The zero-order chi connectivity index (χ0) is 10.4. The van der Waals surface area contributed by atoms with Crippen molar-refractivity contribution >= 4 is 5.97 Å². The van der Waals surface area contributed by atoms with Crippen LogP contribution in [0.15, 0.2) is 0 Å². The van der Waals surface area contributed by atoms with Crippen LogP contribution < -0.4 is 5.32 Å². The monoisotopic (exact) mass is 201 g/mol. The van der Waals surface area contributed by atoms with Crippen LogP contribution in [0, 0.1) is 0 Å². The molecule has 1 fully saturated rings. The Hall–Kier alpha value is -0.610. The maximum atomic E-state index is 11.3. The summed E-state index contributed by atoms with van der Waals surface area (Å²) in [5.41, 5.74) is 0. The molecule has 4 nitrogen and oxygen atoms in total. The van der Waals surface area contributed by atoms with Crippen molar-refractivity contribution in [1.82, 2.24) is 5.32 Å². The normalized spacial score (nSPS) is 23.4. The van der Waals surface area contributed by atoms with E-state index in [0.29, 0.717) is 13.0 Å². The zero-order valence-corrected chi connectivity index (χ0v) is 8.91.